The molecule has 7 N–H and O–H groups in total. The number of nitrogens with two attached hydrogens (primary N) is 1. The van der Waals surface area contributed by atoms with Gasteiger partial charge in [-0.25, -0.2) is 0 Å². The zero-order chi connectivity index (χ0) is 29.9. The Hall–Kier alpha value is -3.61. The number of Topliss-reactive ketones (excluding diaryl/α,β-unsaturated/α-hetero) is 1. The van der Waals surface area contributed by atoms with Gasteiger partial charge in [0.05, 0.1) is 17.2 Å². The van der Waals surface area contributed by atoms with E-state index >= 15 is 0 Å². The highest BCUT2D eigenvalue weighted by atomic mass is 16.8. The van der Waals surface area contributed by atoms with Crippen molar-refractivity contribution in [3.63, 3.8) is 0 Å². The minimum Gasteiger partial charge on any atom is -0.510 e. The van der Waals surface area contributed by atoms with Crippen LogP contribution in [-0.2, 0) is 16.0 Å². The van der Waals surface area contributed by atoms with E-state index in [9.17, 15) is 34.8 Å². The van der Waals surface area contributed by atoms with Crippen LogP contribution in [0.3, 0.4) is 0 Å². The van der Waals surface area contributed by atoms with Crippen LogP contribution in [0.4, 0.5) is 5.69 Å². The first-order valence-electron chi connectivity index (χ1n) is 13.1. The van der Waals surface area contributed by atoms with Crippen molar-refractivity contribution >= 4 is 23.3 Å². The third kappa shape index (κ3) is 3.52. The number of nitrogens with zero attached hydrogens (tertiary/aromatic N) is 2. The van der Waals surface area contributed by atoms with Crippen molar-refractivity contribution in [3.05, 3.63) is 45.4 Å². The number of aromatic hydroxyl groups is 1. The van der Waals surface area contributed by atoms with Crippen LogP contribution in [0, 0.1) is 11.8 Å². The molecule has 0 saturated carbocycles. The lowest BCUT2D eigenvalue weighted by molar-refractivity contribution is -0.117. The minimum absolute atomic E-state index is 0.0734. The number of ether oxygens (including phenoxy) is 1. The zero-order valence-electron chi connectivity index (χ0n) is 23.6. The molecule has 1 heterocycles. The molecular weight excluding hydrogens is 520 g/mol. The van der Waals surface area contributed by atoms with Crippen molar-refractivity contribution in [2.24, 2.45) is 17.6 Å². The van der Waals surface area contributed by atoms with Crippen LogP contribution in [0.25, 0.3) is 0 Å². The van der Waals surface area contributed by atoms with Gasteiger partial charge in [0.1, 0.15) is 22.8 Å². The van der Waals surface area contributed by atoms with Crippen molar-refractivity contribution in [2.75, 3.05) is 33.1 Å². The maximum absolute atomic E-state index is 14.1. The fraction of sp³-hybridized carbons (Fsp3) is 0.536. The van der Waals surface area contributed by atoms with E-state index in [1.54, 1.807) is 64.8 Å². The average Bonchev–Trinajstić information content (AvgIpc) is 3.42. The monoisotopic (exact) mass is 556 g/mol. The molecular formula is C28H36N4O8. The number of benzene rings is 1. The topological polar surface area (TPSA) is 189 Å². The fourth-order valence-corrected chi connectivity index (χ4v) is 6.89. The van der Waals surface area contributed by atoms with E-state index in [-0.39, 0.29) is 29.5 Å². The van der Waals surface area contributed by atoms with E-state index in [0.717, 1.165) is 0 Å². The van der Waals surface area contributed by atoms with Gasteiger partial charge in [-0.05, 0) is 65.3 Å². The number of hydrogen-bond donors (Lipinski definition) is 6. The first kappa shape index (κ1) is 27.9. The van der Waals surface area contributed by atoms with E-state index in [2.05, 4.69) is 5.32 Å². The quantitative estimate of drug-likeness (QED) is 0.290. The number of ketones is 1. The van der Waals surface area contributed by atoms with Crippen molar-refractivity contribution < 1.29 is 39.5 Å². The maximum Gasteiger partial charge on any atom is 0.255 e. The van der Waals surface area contributed by atoms with Gasteiger partial charge in [0, 0.05) is 36.8 Å². The van der Waals surface area contributed by atoms with Crippen molar-refractivity contribution in [3.8, 4) is 5.75 Å². The summed E-state index contributed by atoms with van der Waals surface area (Å²) in [5.74, 6) is -7.66. The number of aliphatic hydroxyl groups is 3. The largest absolute Gasteiger partial charge is 0.510 e. The molecule has 2 amide bonds. The third-order valence-corrected chi connectivity index (χ3v) is 8.43. The van der Waals surface area contributed by atoms with E-state index in [4.69, 9.17) is 10.5 Å². The number of amides is 2. The number of allylic oxidation sites excluding steroid dienone is 1. The number of primary amides is 1. The summed E-state index contributed by atoms with van der Waals surface area (Å²) in [6.45, 7) is 5.37. The predicted octanol–water partition coefficient (Wildman–Crippen LogP) is 0.872. The third-order valence-electron chi connectivity index (χ3n) is 8.43. The van der Waals surface area contributed by atoms with Crippen molar-refractivity contribution in [1.29, 1.82) is 0 Å². The van der Waals surface area contributed by atoms with Crippen LogP contribution < -0.4 is 16.0 Å². The molecule has 12 nitrogen and oxygen atoms in total. The Kier molecular flexibility index (Phi) is 5.90. The molecule has 1 aromatic carbocycles. The molecule has 216 valence electrons. The van der Waals surface area contributed by atoms with Gasteiger partial charge in [-0.3, -0.25) is 19.3 Å². The second-order valence-electron chi connectivity index (χ2n) is 12.6. The van der Waals surface area contributed by atoms with Crippen LogP contribution in [0.1, 0.15) is 53.5 Å². The number of aliphatic hydroxyl groups excluding tert-OH is 2. The predicted molar refractivity (Wildman–Crippen MR) is 144 cm³/mol. The number of likely N-dealkylation sites (N-methyl/N-ethyl adjacent to an activating group) is 1. The molecule has 1 aliphatic heterocycles. The van der Waals surface area contributed by atoms with Gasteiger partial charge in [0.2, 0.25) is 5.79 Å². The standard InChI is InChI=1S/C28H36N4O8/c1-26(2,3)30-25(38)13-10-15(31(4)5)12-8-11-9-14-19(32(6)7)22(35)18(24(29)37)28(39)27(14,40-28)23(36)16(11)21(34)17(12)20(13)33/h10-11,14,19,33,35-36,39H,8-9H2,1-7H3,(H2,29,37)(H,30,38)/t11-,14-,19+,27-,28?/m0/s1. The Labute approximate surface area is 231 Å². The number of anilines is 1. The molecule has 1 aromatic rings. The zero-order valence-corrected chi connectivity index (χ0v) is 23.6. The van der Waals surface area contributed by atoms with Gasteiger partial charge in [-0.15, -0.1) is 0 Å². The number of hydrogen-bond acceptors (Lipinski definition) is 10. The molecule has 0 aromatic heterocycles. The number of phenolic OH excluding ortho intramolecular Hbond substituents is 1. The molecule has 1 spiro atoms. The van der Waals surface area contributed by atoms with Gasteiger partial charge in [0.15, 0.2) is 11.4 Å². The van der Waals surface area contributed by atoms with E-state index in [1.165, 1.54) is 0 Å². The van der Waals surface area contributed by atoms with Crippen molar-refractivity contribution in [2.45, 2.75) is 56.6 Å². The summed E-state index contributed by atoms with van der Waals surface area (Å²) in [7, 11) is 6.86. The molecule has 5 atom stereocenters. The molecule has 40 heavy (non-hydrogen) atoms. The van der Waals surface area contributed by atoms with Crippen LogP contribution in [0.2, 0.25) is 0 Å². The van der Waals surface area contributed by atoms with E-state index < -0.39 is 75.2 Å². The lowest BCUT2D eigenvalue weighted by Gasteiger charge is -2.46. The summed E-state index contributed by atoms with van der Waals surface area (Å²) in [5.41, 5.74) is 3.22. The first-order chi connectivity index (χ1) is 18.4. The number of carbonyl (C=O) groups excluding carboxylic acids is 3. The van der Waals surface area contributed by atoms with Crippen LogP contribution >= 0.6 is 0 Å². The Morgan fingerprint density at radius 3 is 2.30 bits per heavy atom. The number of fused-ring (bicyclic) bond motifs is 2. The SMILES string of the molecule is CN(C)c1cc(C(=O)NC(C)(C)C)c(O)c2c1C[C@H]1C[C@H]3[C@@H](N(C)C)C(O)=C(C(N)=O)C4(O)O[C@]34C(O)=C1C2=O. The van der Waals surface area contributed by atoms with Gasteiger partial charge >= 0.3 is 0 Å². The number of carbonyl (C=O) groups is 3. The van der Waals surface area contributed by atoms with Crippen molar-refractivity contribution in [1.82, 2.24) is 10.2 Å². The van der Waals surface area contributed by atoms with E-state index in [0.29, 0.717) is 11.3 Å². The highest BCUT2D eigenvalue weighted by Crippen LogP contribution is 2.68. The molecule has 3 aliphatic carbocycles. The summed E-state index contributed by atoms with van der Waals surface area (Å²) < 4.78 is 5.70. The minimum atomic E-state index is -2.42. The lowest BCUT2D eigenvalue weighted by atomic mass is 9.60. The molecule has 1 saturated heterocycles. The number of rotatable bonds is 4. The van der Waals surface area contributed by atoms with Crippen LogP contribution in [0.15, 0.2) is 28.7 Å². The average molecular weight is 557 g/mol. The normalized spacial score (nSPS) is 30.8. The summed E-state index contributed by atoms with van der Waals surface area (Å²) >= 11 is 0. The molecule has 0 radical (unpaired) electrons. The lowest BCUT2D eigenvalue weighted by Crippen LogP contribution is -2.57. The highest BCUT2D eigenvalue weighted by molar-refractivity contribution is 6.16. The fourth-order valence-electron chi connectivity index (χ4n) is 6.89. The van der Waals surface area contributed by atoms with Gasteiger partial charge < -0.3 is 41.1 Å². The molecule has 4 aliphatic rings. The molecule has 1 fully saturated rings. The van der Waals surface area contributed by atoms with Gasteiger partial charge in [-0.1, -0.05) is 0 Å². The van der Waals surface area contributed by atoms with Gasteiger partial charge in [0.25, 0.3) is 11.8 Å². The first-order valence-corrected chi connectivity index (χ1v) is 13.1. The van der Waals surface area contributed by atoms with E-state index in [1.807, 2.05) is 0 Å². The Balaban J connectivity index is 1.72. The maximum atomic E-state index is 14.1. The second kappa shape index (κ2) is 8.45. The Bertz CT molecular complexity index is 1440. The summed E-state index contributed by atoms with van der Waals surface area (Å²) in [5, 5.41) is 48.2. The summed E-state index contributed by atoms with van der Waals surface area (Å²) in [6, 6.07) is 0.692. The van der Waals surface area contributed by atoms with Gasteiger partial charge in [-0.2, -0.15) is 0 Å². The highest BCUT2D eigenvalue weighted by Gasteiger charge is 2.84. The number of epoxide rings is 1. The number of phenols is 1. The second-order valence-corrected chi connectivity index (χ2v) is 12.6. The number of nitrogens with one attached hydrogen (secondary N) is 1. The van der Waals surface area contributed by atoms with Crippen LogP contribution in [-0.4, -0.2) is 94.1 Å². The molecule has 0 bridgehead atoms. The Morgan fingerprint density at radius 1 is 1.15 bits per heavy atom. The molecule has 1 unspecified atom stereocenters. The molecule has 5 rings (SSSR count). The summed E-state index contributed by atoms with van der Waals surface area (Å²) in [4.78, 5) is 42.9. The Morgan fingerprint density at radius 2 is 1.77 bits per heavy atom. The molecule has 12 heteroatoms. The smallest absolute Gasteiger partial charge is 0.255 e. The summed E-state index contributed by atoms with van der Waals surface area (Å²) in [6.07, 6.45) is 0.423. The van der Waals surface area contributed by atoms with Crippen LogP contribution in [0.5, 0.6) is 5.75 Å².